The molecule has 1 N–H and O–H groups in total. The molecule has 0 radical (unpaired) electrons. The third-order valence-electron chi connectivity index (χ3n) is 5.34. The fourth-order valence-corrected chi connectivity index (χ4v) is 5.42. The Kier molecular flexibility index (Phi) is 4.49. The van der Waals surface area contributed by atoms with Crippen LogP contribution in [0.1, 0.15) is 53.6 Å². The molecule has 0 saturated heterocycles. The summed E-state index contributed by atoms with van der Waals surface area (Å²) in [6.45, 7) is 6.81. The molecule has 0 saturated carbocycles. The van der Waals surface area contributed by atoms with Crippen LogP contribution in [0.2, 0.25) is 0 Å². The summed E-state index contributed by atoms with van der Waals surface area (Å²) in [7, 11) is 0. The van der Waals surface area contributed by atoms with E-state index in [1.807, 2.05) is 0 Å². The Balaban J connectivity index is 1.62. The highest BCUT2D eigenvalue weighted by molar-refractivity contribution is 7.16. The number of hydrogen-bond acceptors (Lipinski definition) is 6. The second-order valence-electron chi connectivity index (χ2n) is 8.05. The van der Waals surface area contributed by atoms with Gasteiger partial charge in [-0.2, -0.15) is 14.0 Å². The maximum Gasteiger partial charge on any atom is 0.256 e. The number of fused-ring (bicyclic) bond motifs is 2. The van der Waals surface area contributed by atoms with Crippen LogP contribution in [0, 0.1) is 22.7 Å². The number of nitriles is 1. The second kappa shape index (κ2) is 6.70. The van der Waals surface area contributed by atoms with Crippen LogP contribution >= 0.6 is 23.1 Å². The molecule has 138 valence electrons. The number of nitrogens with one attached hydrogen (secondary N) is 1. The fraction of sp³-hybridized carbons (Fsp3) is 0.400. The zero-order valence-corrected chi connectivity index (χ0v) is 17.1. The first-order valence-corrected chi connectivity index (χ1v) is 10.5. The molecule has 0 aliphatic heterocycles. The number of benzene rings is 1. The van der Waals surface area contributed by atoms with Gasteiger partial charge in [-0.15, -0.1) is 11.3 Å². The molecule has 1 amide bonds. The van der Waals surface area contributed by atoms with Gasteiger partial charge in [-0.1, -0.05) is 20.8 Å². The molecule has 5 nitrogen and oxygen atoms in total. The lowest BCUT2D eigenvalue weighted by Crippen LogP contribution is -2.26. The fourth-order valence-electron chi connectivity index (χ4n) is 3.63. The smallest absolute Gasteiger partial charge is 0.256 e. The van der Waals surface area contributed by atoms with Crippen LogP contribution in [0.25, 0.3) is 11.0 Å². The van der Waals surface area contributed by atoms with Gasteiger partial charge in [0.05, 0.1) is 17.3 Å². The van der Waals surface area contributed by atoms with Crippen LogP contribution in [-0.2, 0) is 12.8 Å². The van der Waals surface area contributed by atoms with Crippen molar-refractivity contribution in [2.24, 2.45) is 11.3 Å². The van der Waals surface area contributed by atoms with Crippen molar-refractivity contribution in [2.75, 3.05) is 5.32 Å². The first-order valence-electron chi connectivity index (χ1n) is 8.95. The van der Waals surface area contributed by atoms with Crippen molar-refractivity contribution >= 4 is 45.0 Å². The summed E-state index contributed by atoms with van der Waals surface area (Å²) < 4.78 is 8.35. The average Bonchev–Trinajstić information content (AvgIpc) is 3.23. The Morgan fingerprint density at radius 3 is 2.81 bits per heavy atom. The van der Waals surface area contributed by atoms with E-state index in [2.05, 4.69) is 40.9 Å². The summed E-state index contributed by atoms with van der Waals surface area (Å²) in [4.78, 5) is 14.0. The zero-order valence-electron chi connectivity index (χ0n) is 15.5. The van der Waals surface area contributed by atoms with Gasteiger partial charge in [0.15, 0.2) is 0 Å². The monoisotopic (exact) mass is 396 g/mol. The Bertz CT molecular complexity index is 1070. The van der Waals surface area contributed by atoms with Crippen molar-refractivity contribution in [2.45, 2.75) is 40.0 Å². The van der Waals surface area contributed by atoms with E-state index in [1.54, 1.807) is 29.5 Å². The number of aromatic nitrogens is 2. The zero-order chi connectivity index (χ0) is 19.2. The minimum absolute atomic E-state index is 0.215. The average molecular weight is 397 g/mol. The van der Waals surface area contributed by atoms with Crippen molar-refractivity contribution in [3.8, 4) is 6.07 Å². The summed E-state index contributed by atoms with van der Waals surface area (Å²) in [6, 6.07) is 7.60. The molecule has 7 heteroatoms. The molecule has 1 aliphatic carbocycles. The van der Waals surface area contributed by atoms with Gasteiger partial charge < -0.3 is 5.32 Å². The van der Waals surface area contributed by atoms with Crippen molar-refractivity contribution in [3.05, 3.63) is 39.8 Å². The lowest BCUT2D eigenvalue weighted by atomic mass is 9.72. The molecule has 0 unspecified atom stereocenters. The highest BCUT2D eigenvalue weighted by Crippen LogP contribution is 2.44. The molecule has 2 heterocycles. The predicted molar refractivity (Wildman–Crippen MR) is 109 cm³/mol. The van der Waals surface area contributed by atoms with E-state index in [0.29, 0.717) is 27.6 Å². The lowest BCUT2D eigenvalue weighted by Gasteiger charge is -2.33. The molecular formula is C20H20N4OS2. The number of thiophene rings is 1. The number of carbonyl (C=O) groups is 1. The van der Waals surface area contributed by atoms with Crippen LogP contribution in [0.15, 0.2) is 18.2 Å². The largest absolute Gasteiger partial charge is 0.312 e. The number of carbonyl (C=O) groups excluding carboxylic acids is 1. The summed E-state index contributed by atoms with van der Waals surface area (Å²) in [5, 5.41) is 13.3. The van der Waals surface area contributed by atoms with E-state index in [0.717, 1.165) is 42.1 Å². The van der Waals surface area contributed by atoms with Crippen molar-refractivity contribution < 1.29 is 4.79 Å². The molecule has 3 aromatic rings. The van der Waals surface area contributed by atoms with Gasteiger partial charge in [-0.3, -0.25) is 4.79 Å². The highest BCUT2D eigenvalue weighted by Gasteiger charge is 2.32. The normalized spacial score (nSPS) is 16.7. The molecule has 1 aromatic carbocycles. The summed E-state index contributed by atoms with van der Waals surface area (Å²) in [6.07, 6.45) is 2.97. The Morgan fingerprint density at radius 1 is 1.30 bits per heavy atom. The standard InChI is InChI=1S/C20H20N4OS2/c1-20(2,3)12-5-6-13-14(10-21)19(26-17(13)9-12)22-18(25)11-4-7-15-16(8-11)24-27-23-15/h4,7-8,12H,5-6,9H2,1-3H3,(H,22,25)/t12-/m0/s1. The van der Waals surface area contributed by atoms with Crippen molar-refractivity contribution in [1.29, 1.82) is 5.26 Å². The molecule has 2 aromatic heterocycles. The minimum atomic E-state index is -0.215. The number of amides is 1. The number of rotatable bonds is 2. The van der Waals surface area contributed by atoms with E-state index >= 15 is 0 Å². The predicted octanol–water partition coefficient (Wildman–Crippen LogP) is 5.03. The number of anilines is 1. The van der Waals surface area contributed by atoms with Crippen LogP contribution < -0.4 is 5.32 Å². The third-order valence-corrected chi connectivity index (χ3v) is 7.07. The van der Waals surface area contributed by atoms with Crippen LogP contribution in [0.5, 0.6) is 0 Å². The number of hydrogen-bond donors (Lipinski definition) is 1. The van der Waals surface area contributed by atoms with E-state index in [-0.39, 0.29) is 11.3 Å². The summed E-state index contributed by atoms with van der Waals surface area (Å²) in [5.74, 6) is 0.380. The maximum atomic E-state index is 12.7. The first kappa shape index (κ1) is 18.1. The minimum Gasteiger partial charge on any atom is -0.312 e. The van der Waals surface area contributed by atoms with Crippen LogP contribution in [0.3, 0.4) is 0 Å². The molecular weight excluding hydrogens is 376 g/mol. The van der Waals surface area contributed by atoms with E-state index in [9.17, 15) is 10.1 Å². The second-order valence-corrected chi connectivity index (χ2v) is 9.68. The molecule has 0 fully saturated rings. The highest BCUT2D eigenvalue weighted by atomic mass is 32.1. The molecule has 0 bridgehead atoms. The van der Waals surface area contributed by atoms with E-state index in [1.165, 1.54) is 4.88 Å². The summed E-state index contributed by atoms with van der Waals surface area (Å²) in [5.41, 5.74) is 4.03. The van der Waals surface area contributed by atoms with Gasteiger partial charge in [-0.05, 0) is 54.4 Å². The van der Waals surface area contributed by atoms with Gasteiger partial charge in [0.25, 0.3) is 5.91 Å². The molecule has 27 heavy (non-hydrogen) atoms. The SMILES string of the molecule is CC(C)(C)[C@H]1CCc2c(sc(NC(=O)c3ccc4nsnc4c3)c2C#N)C1. The number of nitrogens with zero attached hydrogens (tertiary/aromatic N) is 3. The molecule has 0 spiro atoms. The van der Waals surface area contributed by atoms with Gasteiger partial charge in [0.2, 0.25) is 0 Å². The van der Waals surface area contributed by atoms with E-state index in [4.69, 9.17) is 0 Å². The Morgan fingerprint density at radius 2 is 2.07 bits per heavy atom. The van der Waals surface area contributed by atoms with Gasteiger partial charge in [0.1, 0.15) is 22.1 Å². The van der Waals surface area contributed by atoms with Gasteiger partial charge in [-0.25, -0.2) is 0 Å². The first-order chi connectivity index (χ1) is 12.9. The molecule has 4 rings (SSSR count). The lowest BCUT2D eigenvalue weighted by molar-refractivity contribution is 0.102. The molecule has 1 atom stereocenters. The quantitative estimate of drug-likeness (QED) is 0.659. The van der Waals surface area contributed by atoms with Crippen molar-refractivity contribution in [1.82, 2.24) is 8.75 Å². The Labute approximate surface area is 166 Å². The third kappa shape index (κ3) is 3.35. The summed E-state index contributed by atoms with van der Waals surface area (Å²) >= 11 is 2.69. The van der Waals surface area contributed by atoms with Gasteiger partial charge in [0, 0.05) is 10.4 Å². The van der Waals surface area contributed by atoms with Crippen LogP contribution in [0.4, 0.5) is 5.00 Å². The maximum absolute atomic E-state index is 12.7. The van der Waals surface area contributed by atoms with Crippen LogP contribution in [-0.4, -0.2) is 14.7 Å². The van der Waals surface area contributed by atoms with Gasteiger partial charge >= 0.3 is 0 Å². The Hall–Kier alpha value is -2.30. The van der Waals surface area contributed by atoms with E-state index < -0.39 is 0 Å². The topological polar surface area (TPSA) is 78.7 Å². The molecule has 1 aliphatic rings. The van der Waals surface area contributed by atoms with Crippen molar-refractivity contribution in [3.63, 3.8) is 0 Å².